The summed E-state index contributed by atoms with van der Waals surface area (Å²) in [6.07, 6.45) is 5.82. The molecular weight excluding hydrogens is 252 g/mol. The maximum atomic E-state index is 12.0. The van der Waals surface area contributed by atoms with Crippen LogP contribution in [0.5, 0.6) is 0 Å². The van der Waals surface area contributed by atoms with Gasteiger partial charge < -0.3 is 10.2 Å². The van der Waals surface area contributed by atoms with E-state index in [0.29, 0.717) is 18.2 Å². The maximum Gasteiger partial charge on any atom is 0.270 e. The molecule has 0 saturated carbocycles. The normalized spacial score (nSPS) is 15.8. The number of anilines is 1. The molecule has 2 heterocycles. The van der Waals surface area contributed by atoms with Crippen LogP contribution in [0.1, 0.15) is 55.2 Å². The van der Waals surface area contributed by atoms with Gasteiger partial charge in [-0.15, -0.1) is 0 Å². The molecule has 1 saturated heterocycles. The Bertz CT molecular complexity index is 453. The van der Waals surface area contributed by atoms with Crippen LogP contribution in [-0.2, 0) is 0 Å². The number of nitrogens with one attached hydrogen (secondary N) is 1. The fraction of sp³-hybridized carbons (Fsp3) is 0.667. The number of rotatable bonds is 4. The summed E-state index contributed by atoms with van der Waals surface area (Å²) in [4.78, 5) is 23.2. The first kappa shape index (κ1) is 14.8. The number of nitrogens with zero attached hydrogens (tertiary/aromatic N) is 3. The van der Waals surface area contributed by atoms with E-state index in [4.69, 9.17) is 0 Å². The first-order valence-electron chi connectivity index (χ1n) is 7.59. The molecule has 0 atom stereocenters. The fourth-order valence-electron chi connectivity index (χ4n) is 2.41. The average molecular weight is 276 g/mol. The van der Waals surface area contributed by atoms with E-state index in [1.54, 1.807) is 6.07 Å². The van der Waals surface area contributed by atoms with E-state index < -0.39 is 0 Å². The first-order valence-corrected chi connectivity index (χ1v) is 7.59. The number of aryl methyl sites for hydroxylation is 1. The molecule has 1 aliphatic heterocycles. The van der Waals surface area contributed by atoms with Crippen LogP contribution >= 0.6 is 0 Å². The van der Waals surface area contributed by atoms with Crippen LogP contribution in [0.3, 0.4) is 0 Å². The monoisotopic (exact) mass is 276 g/mol. The second-order valence-corrected chi connectivity index (χ2v) is 5.35. The number of amides is 1. The van der Waals surface area contributed by atoms with E-state index in [1.165, 1.54) is 25.7 Å². The predicted octanol–water partition coefficient (Wildman–Crippen LogP) is 2.31. The van der Waals surface area contributed by atoms with E-state index in [0.717, 1.165) is 25.2 Å². The van der Waals surface area contributed by atoms with Crippen molar-refractivity contribution >= 4 is 11.9 Å². The SMILES string of the molecule is CCCNC(=O)c1cc(C)nc(N2CCCCCC2)n1. The minimum Gasteiger partial charge on any atom is -0.351 e. The highest BCUT2D eigenvalue weighted by atomic mass is 16.1. The van der Waals surface area contributed by atoms with Crippen LogP contribution in [0.4, 0.5) is 5.95 Å². The zero-order chi connectivity index (χ0) is 14.4. The van der Waals surface area contributed by atoms with Gasteiger partial charge >= 0.3 is 0 Å². The zero-order valence-electron chi connectivity index (χ0n) is 12.5. The molecule has 0 aromatic carbocycles. The summed E-state index contributed by atoms with van der Waals surface area (Å²) in [6.45, 7) is 6.60. The number of aromatic nitrogens is 2. The van der Waals surface area contributed by atoms with Crippen molar-refractivity contribution in [2.45, 2.75) is 46.0 Å². The molecule has 2 rings (SSSR count). The van der Waals surface area contributed by atoms with Gasteiger partial charge in [0.2, 0.25) is 5.95 Å². The topological polar surface area (TPSA) is 58.1 Å². The minimum absolute atomic E-state index is 0.103. The van der Waals surface area contributed by atoms with Crippen molar-refractivity contribution in [2.75, 3.05) is 24.5 Å². The second kappa shape index (κ2) is 7.22. The Morgan fingerprint density at radius 2 is 1.95 bits per heavy atom. The van der Waals surface area contributed by atoms with Crippen LogP contribution in [-0.4, -0.2) is 35.5 Å². The molecule has 0 radical (unpaired) electrons. The van der Waals surface area contributed by atoms with E-state index in [1.807, 2.05) is 13.8 Å². The van der Waals surface area contributed by atoms with Gasteiger partial charge in [-0.2, -0.15) is 0 Å². The third-order valence-electron chi connectivity index (χ3n) is 3.50. The van der Waals surface area contributed by atoms with Gasteiger partial charge in [-0.25, -0.2) is 9.97 Å². The molecule has 5 heteroatoms. The van der Waals surface area contributed by atoms with Crippen molar-refractivity contribution < 1.29 is 4.79 Å². The Morgan fingerprint density at radius 1 is 1.25 bits per heavy atom. The molecule has 1 aromatic heterocycles. The number of hydrogen-bond acceptors (Lipinski definition) is 4. The first-order chi connectivity index (χ1) is 9.70. The Labute approximate surface area is 120 Å². The van der Waals surface area contributed by atoms with Gasteiger partial charge in [0.05, 0.1) is 0 Å². The lowest BCUT2D eigenvalue weighted by Crippen LogP contribution is -2.29. The highest BCUT2D eigenvalue weighted by Gasteiger charge is 2.16. The Hall–Kier alpha value is -1.65. The fourth-order valence-corrected chi connectivity index (χ4v) is 2.41. The van der Waals surface area contributed by atoms with Crippen LogP contribution in [0.15, 0.2) is 6.07 Å². The summed E-state index contributed by atoms with van der Waals surface area (Å²) >= 11 is 0. The molecule has 1 aromatic rings. The number of carbonyl (C=O) groups excluding carboxylic acids is 1. The van der Waals surface area contributed by atoms with Gasteiger partial charge in [0, 0.05) is 25.3 Å². The van der Waals surface area contributed by atoms with Gasteiger partial charge in [-0.05, 0) is 32.3 Å². The highest BCUT2D eigenvalue weighted by molar-refractivity contribution is 5.92. The number of carbonyl (C=O) groups is 1. The summed E-state index contributed by atoms with van der Waals surface area (Å²) in [6, 6.07) is 1.76. The molecule has 0 aliphatic carbocycles. The van der Waals surface area contributed by atoms with Crippen LogP contribution < -0.4 is 10.2 Å². The summed E-state index contributed by atoms with van der Waals surface area (Å²) in [5, 5.41) is 2.87. The highest BCUT2D eigenvalue weighted by Crippen LogP contribution is 2.16. The lowest BCUT2D eigenvalue weighted by atomic mass is 10.2. The van der Waals surface area contributed by atoms with Gasteiger partial charge in [0.1, 0.15) is 5.69 Å². The average Bonchev–Trinajstić information content (AvgIpc) is 2.73. The van der Waals surface area contributed by atoms with Gasteiger partial charge in [0.15, 0.2) is 0 Å². The smallest absolute Gasteiger partial charge is 0.270 e. The van der Waals surface area contributed by atoms with Crippen molar-refractivity contribution in [2.24, 2.45) is 0 Å². The van der Waals surface area contributed by atoms with Crippen molar-refractivity contribution in [3.8, 4) is 0 Å². The summed E-state index contributed by atoms with van der Waals surface area (Å²) in [5.41, 5.74) is 1.33. The van der Waals surface area contributed by atoms with Crippen molar-refractivity contribution in [3.63, 3.8) is 0 Å². The molecule has 20 heavy (non-hydrogen) atoms. The standard InChI is InChI=1S/C15H24N4O/c1-3-8-16-14(20)13-11-12(2)17-15(18-13)19-9-6-4-5-7-10-19/h11H,3-10H2,1-2H3,(H,16,20). The molecule has 1 N–H and O–H groups in total. The van der Waals surface area contributed by atoms with E-state index >= 15 is 0 Å². The molecule has 110 valence electrons. The zero-order valence-corrected chi connectivity index (χ0v) is 12.5. The maximum absolute atomic E-state index is 12.0. The minimum atomic E-state index is -0.103. The lowest BCUT2D eigenvalue weighted by Gasteiger charge is -2.20. The quantitative estimate of drug-likeness (QED) is 0.916. The summed E-state index contributed by atoms with van der Waals surface area (Å²) in [5.74, 6) is 0.599. The van der Waals surface area contributed by atoms with Gasteiger partial charge in [0.25, 0.3) is 5.91 Å². The van der Waals surface area contributed by atoms with E-state index in [-0.39, 0.29) is 5.91 Å². The van der Waals surface area contributed by atoms with Crippen LogP contribution in [0, 0.1) is 6.92 Å². The molecule has 0 unspecified atom stereocenters. The van der Waals surface area contributed by atoms with Gasteiger partial charge in [-0.3, -0.25) is 4.79 Å². The molecular formula is C15H24N4O. The summed E-state index contributed by atoms with van der Waals surface area (Å²) in [7, 11) is 0. The largest absolute Gasteiger partial charge is 0.351 e. The van der Waals surface area contributed by atoms with Crippen molar-refractivity contribution in [1.82, 2.24) is 15.3 Å². The molecule has 1 aliphatic rings. The second-order valence-electron chi connectivity index (χ2n) is 5.35. The summed E-state index contributed by atoms with van der Waals surface area (Å²) < 4.78 is 0. The molecule has 5 nitrogen and oxygen atoms in total. The Morgan fingerprint density at radius 3 is 2.60 bits per heavy atom. The lowest BCUT2D eigenvalue weighted by molar-refractivity contribution is 0.0948. The van der Waals surface area contributed by atoms with Gasteiger partial charge in [-0.1, -0.05) is 19.8 Å². The van der Waals surface area contributed by atoms with E-state index in [9.17, 15) is 4.79 Å². The predicted molar refractivity (Wildman–Crippen MR) is 80.1 cm³/mol. The molecule has 0 bridgehead atoms. The third-order valence-corrected chi connectivity index (χ3v) is 3.50. The van der Waals surface area contributed by atoms with E-state index in [2.05, 4.69) is 20.2 Å². The molecule has 0 spiro atoms. The third kappa shape index (κ3) is 3.92. The molecule has 1 amide bonds. The Balaban J connectivity index is 2.16. The van der Waals surface area contributed by atoms with Crippen LogP contribution in [0.25, 0.3) is 0 Å². The van der Waals surface area contributed by atoms with Crippen LogP contribution in [0.2, 0.25) is 0 Å². The number of hydrogen-bond donors (Lipinski definition) is 1. The van der Waals surface area contributed by atoms with Crippen molar-refractivity contribution in [3.05, 3.63) is 17.5 Å². The molecule has 1 fully saturated rings. The Kier molecular flexibility index (Phi) is 5.32. The van der Waals surface area contributed by atoms with Crippen molar-refractivity contribution in [1.29, 1.82) is 0 Å².